The molecule has 3 aliphatic carbocycles. The van der Waals surface area contributed by atoms with Crippen LogP contribution in [0.3, 0.4) is 0 Å². The first kappa shape index (κ1) is 103. The summed E-state index contributed by atoms with van der Waals surface area (Å²) in [4.78, 5) is 39.1. The molecule has 21 rings (SSSR count). The van der Waals surface area contributed by atoms with E-state index in [0.717, 1.165) is 316 Å². The number of morpholine rings is 6. The monoisotopic (exact) mass is 1930 g/mol. The number of Topliss-reactive ketones (excluding diaryl/α,β-unsaturated/α-hetero) is 1. The smallest absolute Gasteiger partial charge is 0.269 e. The summed E-state index contributed by atoms with van der Waals surface area (Å²) in [7, 11) is -11.5. The van der Waals surface area contributed by atoms with Gasteiger partial charge in [0.2, 0.25) is 0 Å². The van der Waals surface area contributed by atoms with E-state index in [1.807, 2.05) is 69.6 Å². The molecule has 9 aliphatic rings. The quantitative estimate of drug-likeness (QED) is 0.0622. The van der Waals surface area contributed by atoms with Crippen molar-refractivity contribution in [1.82, 2.24) is 86.0 Å². The van der Waals surface area contributed by atoms with Crippen molar-refractivity contribution in [2.24, 2.45) is 0 Å². The lowest BCUT2D eigenvalue weighted by atomic mass is 9.81. The normalized spacial score (nSPS) is 20.5. The van der Waals surface area contributed by atoms with E-state index < -0.39 is 30.1 Å². The molecule has 0 unspecified atom stereocenters. The van der Waals surface area contributed by atoms with E-state index in [2.05, 4.69) is 68.3 Å². The maximum Gasteiger partial charge on any atom is 0.269 e. The van der Waals surface area contributed by atoms with Gasteiger partial charge in [-0.1, -0.05) is 84.3 Å². The van der Waals surface area contributed by atoms with Gasteiger partial charge in [-0.3, -0.25) is 43.3 Å². The standard InChI is InChI=1S/2C32H40N6O4S.C28H31N5O4S.C4H9NO.4CH4.ClH/c2*39-43(40,29-4-2-1-3-5-29)38-24-31(27-22-34-37(23-27)11-10-35-12-16-41-17-13-35)30-20-26(21-33-32(30)38)25-6-8-28(9-7-25)36-14-18-42-19-15-36;34-24-8-6-21(7-9-24)22-16-26-27(23-18-30-32(19-23)11-10-31-12-14-37-15-13-31)20-33(28(26)29-17-22)38(35,36)25-4-2-1-3-5-25;1-3-6-4-2-5-1;;;;;/h2*1-5,20-25,28H,6-19H2;1-5,16-21H,6-15H2;5H,1-4H2;4*1H4;1H. The highest BCUT2D eigenvalue weighted by Crippen LogP contribution is 2.43. The zero-order valence-electron chi connectivity index (χ0n) is 74.4. The van der Waals surface area contributed by atoms with Gasteiger partial charge in [-0.2, -0.15) is 15.3 Å². The average Bonchev–Trinajstić information content (AvgIpc) is 1.61. The first-order valence-electron chi connectivity index (χ1n) is 46.5. The topological polar surface area (TPSA) is 310 Å². The third-order valence-corrected chi connectivity index (χ3v) is 32.2. The number of ketones is 1. The third kappa shape index (κ3) is 24.7. The number of benzene rings is 3. The molecular weight excluding hydrogens is 1790 g/mol. The van der Waals surface area contributed by atoms with Gasteiger partial charge < -0.3 is 33.7 Å². The van der Waals surface area contributed by atoms with Gasteiger partial charge in [-0.05, 0) is 153 Å². The third-order valence-electron chi connectivity index (χ3n) is 27.2. The van der Waals surface area contributed by atoms with Crippen LogP contribution in [0.1, 0.15) is 141 Å². The van der Waals surface area contributed by atoms with Crippen LogP contribution in [0.4, 0.5) is 0 Å². The van der Waals surface area contributed by atoms with E-state index >= 15 is 0 Å². The fourth-order valence-corrected chi connectivity index (χ4v) is 23.7. The fourth-order valence-electron chi connectivity index (χ4n) is 19.6. The SMILES string of the molecule is C.C.C.C.C1COCCN1.Cl.O=C1CCC(c2cnc3c(c2)c(-c2cnn(CCN4CCOCC4)c2)cn3S(=O)(=O)c2ccccc2)CC1.O=S(=O)(c1ccccc1)n1cc(-c2cnn(CCN3CCOCC3)c2)c2cc(C3CCC(N4CCOCC4)CC3)cnc21.O=S(=O)(c1ccccc1)n1cc(-c2cnn(CCN3CCOCC3)c2)c2cc(C3CCC(N4CCOCC4)CC3)cnc21. The number of carbonyl (C=O) groups excluding carboxylic acids is 1. The van der Waals surface area contributed by atoms with Gasteiger partial charge in [-0.15, -0.1) is 12.4 Å². The Bertz CT molecular complexity index is 5840. The fraction of sp³-hybridized carbons (Fsp3) is 0.510. The van der Waals surface area contributed by atoms with Crippen LogP contribution in [-0.4, -0.2) is 301 Å². The van der Waals surface area contributed by atoms with E-state index in [4.69, 9.17) is 38.4 Å². The predicted octanol–water partition coefficient (Wildman–Crippen LogP) is 13.9. The molecule has 35 heteroatoms. The lowest BCUT2D eigenvalue weighted by Crippen LogP contribution is -2.44. The van der Waals surface area contributed by atoms with Crippen LogP contribution in [0.2, 0.25) is 0 Å². The molecule has 31 nitrogen and oxygen atoms in total. The van der Waals surface area contributed by atoms with E-state index in [9.17, 15) is 30.0 Å². The molecule has 1 N–H and O–H groups in total. The van der Waals surface area contributed by atoms with Gasteiger partial charge in [0, 0.05) is 228 Å². The van der Waals surface area contributed by atoms with Gasteiger partial charge in [0.15, 0.2) is 16.9 Å². The number of carbonyl (C=O) groups is 1. The molecule has 6 aliphatic heterocycles. The minimum atomic E-state index is -3.85. The summed E-state index contributed by atoms with van der Waals surface area (Å²) in [6.07, 6.45) is 34.0. The molecule has 0 atom stereocenters. The average molecular weight is 1930 g/mol. The molecule has 0 spiro atoms. The summed E-state index contributed by atoms with van der Waals surface area (Å²) >= 11 is 0. The molecule has 0 bridgehead atoms. The lowest BCUT2D eigenvalue weighted by Gasteiger charge is -2.38. The highest BCUT2D eigenvalue weighted by Gasteiger charge is 2.35. The van der Waals surface area contributed by atoms with E-state index in [0.29, 0.717) is 59.5 Å². The molecule has 3 aromatic carbocycles. The van der Waals surface area contributed by atoms with Crippen LogP contribution in [0.25, 0.3) is 66.5 Å². The van der Waals surface area contributed by atoms with Gasteiger partial charge in [0.05, 0.1) is 132 Å². The van der Waals surface area contributed by atoms with Crippen molar-refractivity contribution in [3.8, 4) is 33.4 Å². The summed E-state index contributed by atoms with van der Waals surface area (Å²) in [6.45, 7) is 26.3. The van der Waals surface area contributed by atoms with Crippen molar-refractivity contribution >= 4 is 81.4 Å². The predicted molar refractivity (Wildman–Crippen MR) is 531 cm³/mol. The van der Waals surface area contributed by atoms with Crippen LogP contribution in [-0.2, 0) is 82.9 Å². The van der Waals surface area contributed by atoms with Crippen molar-refractivity contribution in [3.05, 3.63) is 200 Å². The number of rotatable bonds is 23. The Morgan fingerprint density at radius 2 is 0.600 bits per heavy atom. The summed E-state index contributed by atoms with van der Waals surface area (Å²) in [6, 6.07) is 33.2. The van der Waals surface area contributed by atoms with E-state index in [1.165, 1.54) is 23.0 Å². The summed E-state index contributed by atoms with van der Waals surface area (Å²) in [5.74, 6) is 1.36. The summed E-state index contributed by atoms with van der Waals surface area (Å²) < 4.78 is 125. The molecule has 12 aromatic rings. The second-order valence-electron chi connectivity index (χ2n) is 35.2. The van der Waals surface area contributed by atoms with Crippen molar-refractivity contribution in [1.29, 1.82) is 0 Å². The number of nitrogens with one attached hydrogen (secondary N) is 1. The highest BCUT2D eigenvalue weighted by atomic mass is 35.5. The van der Waals surface area contributed by atoms with E-state index in [1.54, 1.807) is 110 Å². The Labute approximate surface area is 802 Å². The van der Waals surface area contributed by atoms with Crippen LogP contribution in [0.5, 0.6) is 0 Å². The van der Waals surface area contributed by atoms with Gasteiger partial charge in [0.25, 0.3) is 30.1 Å². The number of ether oxygens (including phenoxy) is 6. The Balaban J connectivity index is 0.000000163. The van der Waals surface area contributed by atoms with Crippen molar-refractivity contribution in [2.45, 2.75) is 171 Å². The summed E-state index contributed by atoms with van der Waals surface area (Å²) in [5.41, 5.74) is 9.78. The number of nitrogens with zero attached hydrogens (tertiary/aromatic N) is 17. The Kier molecular flexibility index (Phi) is 36.9. The largest absolute Gasteiger partial charge is 0.379 e. The van der Waals surface area contributed by atoms with Gasteiger partial charge in [0.1, 0.15) is 5.78 Å². The Morgan fingerprint density at radius 3 is 0.874 bits per heavy atom. The van der Waals surface area contributed by atoms with Crippen molar-refractivity contribution in [2.75, 3.05) is 177 Å². The van der Waals surface area contributed by atoms with E-state index in [-0.39, 0.29) is 62.7 Å². The molecule has 0 radical (unpaired) electrons. The molecule has 730 valence electrons. The first-order valence-corrected chi connectivity index (χ1v) is 50.8. The molecule has 6 saturated heterocycles. The van der Waals surface area contributed by atoms with Crippen LogP contribution in [0, 0.1) is 0 Å². The minimum Gasteiger partial charge on any atom is -0.379 e. The second kappa shape index (κ2) is 48.3. The van der Waals surface area contributed by atoms with Gasteiger partial charge in [-0.25, -0.2) is 52.1 Å². The lowest BCUT2D eigenvalue weighted by molar-refractivity contribution is -0.120. The van der Waals surface area contributed by atoms with Gasteiger partial charge >= 0.3 is 0 Å². The molecule has 135 heavy (non-hydrogen) atoms. The molecule has 15 heterocycles. The Morgan fingerprint density at radius 1 is 0.326 bits per heavy atom. The number of aromatic nitrogens is 12. The minimum absolute atomic E-state index is 0. The maximum atomic E-state index is 13.8. The number of halogens is 1. The van der Waals surface area contributed by atoms with Crippen molar-refractivity contribution in [3.63, 3.8) is 0 Å². The molecular formula is C100H137ClN18O13S3. The first-order chi connectivity index (χ1) is 63.6. The van der Waals surface area contributed by atoms with Crippen LogP contribution < -0.4 is 5.32 Å². The highest BCUT2D eigenvalue weighted by molar-refractivity contribution is 7.90. The van der Waals surface area contributed by atoms with Crippen molar-refractivity contribution < 1.29 is 58.5 Å². The number of pyridine rings is 3. The molecule has 9 aromatic heterocycles. The summed E-state index contributed by atoms with van der Waals surface area (Å²) in [5, 5.41) is 19.5. The van der Waals surface area contributed by atoms with Crippen LogP contribution >= 0.6 is 12.4 Å². The Hall–Kier alpha value is -9.31. The van der Waals surface area contributed by atoms with Crippen LogP contribution in [0.15, 0.2) is 198 Å². The second-order valence-corrected chi connectivity index (χ2v) is 40.7. The molecule has 3 saturated carbocycles. The number of hydrogen-bond acceptors (Lipinski definition) is 25. The number of hydrogen-bond donors (Lipinski definition) is 1. The molecule has 9 fully saturated rings. The number of fused-ring (bicyclic) bond motifs is 3. The zero-order chi connectivity index (χ0) is 88.8. The molecule has 0 amide bonds. The maximum absolute atomic E-state index is 13.8. The zero-order valence-corrected chi connectivity index (χ0v) is 77.7.